The summed E-state index contributed by atoms with van der Waals surface area (Å²) < 4.78 is 2.25. The van der Waals surface area contributed by atoms with Gasteiger partial charge in [-0.15, -0.1) is 0 Å². The van der Waals surface area contributed by atoms with Gasteiger partial charge in [0.1, 0.15) is 0 Å². The highest BCUT2D eigenvalue weighted by Crippen LogP contribution is 2.31. The van der Waals surface area contributed by atoms with Gasteiger partial charge in [-0.3, -0.25) is 0 Å². The number of nitrogens with zero attached hydrogens (tertiary/aromatic N) is 1. The Labute approximate surface area is 125 Å². The van der Waals surface area contributed by atoms with Crippen LogP contribution < -0.4 is 5.73 Å². The van der Waals surface area contributed by atoms with Crippen LogP contribution in [-0.2, 0) is 19.4 Å². The van der Waals surface area contributed by atoms with Crippen molar-refractivity contribution in [1.82, 2.24) is 4.57 Å². The molecule has 21 heavy (non-hydrogen) atoms. The molecule has 0 unspecified atom stereocenters. The molecule has 2 rings (SSSR count). The number of carboxylic acids is 1. The highest BCUT2D eigenvalue weighted by molar-refractivity contribution is 5.97. The molecule has 0 spiro atoms. The largest absolute Gasteiger partial charge is 0.478 e. The summed E-state index contributed by atoms with van der Waals surface area (Å²) in [5.41, 5.74) is 10.9. The third kappa shape index (κ3) is 2.68. The van der Waals surface area contributed by atoms with Gasteiger partial charge in [0.2, 0.25) is 0 Å². The van der Waals surface area contributed by atoms with Crippen molar-refractivity contribution in [2.45, 2.75) is 46.6 Å². The molecule has 114 valence electrons. The lowest BCUT2D eigenvalue weighted by molar-refractivity contribution is 0.0697. The molecular weight excluding hydrogens is 264 g/mol. The highest BCUT2D eigenvalue weighted by Gasteiger charge is 2.18. The van der Waals surface area contributed by atoms with Crippen LogP contribution in [0.3, 0.4) is 0 Å². The molecular formula is C17H24N2O2. The van der Waals surface area contributed by atoms with Gasteiger partial charge in [-0.05, 0) is 43.0 Å². The summed E-state index contributed by atoms with van der Waals surface area (Å²) in [4.78, 5) is 11.4. The third-order valence-electron chi connectivity index (χ3n) is 4.11. The van der Waals surface area contributed by atoms with Crippen molar-refractivity contribution in [2.24, 2.45) is 5.73 Å². The summed E-state index contributed by atoms with van der Waals surface area (Å²) >= 11 is 0. The van der Waals surface area contributed by atoms with Gasteiger partial charge >= 0.3 is 5.97 Å². The lowest BCUT2D eigenvalue weighted by atomic mass is 10.00. The smallest absolute Gasteiger partial charge is 0.335 e. The number of hydrogen-bond donors (Lipinski definition) is 2. The topological polar surface area (TPSA) is 68.2 Å². The Kier molecular flexibility index (Phi) is 4.68. The molecule has 0 saturated carbocycles. The Balaban J connectivity index is 2.84. The predicted molar refractivity (Wildman–Crippen MR) is 86.1 cm³/mol. The second kappa shape index (κ2) is 6.31. The average Bonchev–Trinajstić information content (AvgIpc) is 2.73. The van der Waals surface area contributed by atoms with Crippen molar-refractivity contribution in [3.05, 3.63) is 34.5 Å². The van der Waals surface area contributed by atoms with Crippen LogP contribution >= 0.6 is 0 Å². The van der Waals surface area contributed by atoms with Crippen LogP contribution in [-0.4, -0.2) is 22.2 Å². The van der Waals surface area contributed by atoms with E-state index < -0.39 is 5.97 Å². The minimum atomic E-state index is -0.863. The number of aryl methyl sites for hydroxylation is 2. The maximum absolute atomic E-state index is 11.4. The Morgan fingerprint density at radius 2 is 2.05 bits per heavy atom. The summed E-state index contributed by atoms with van der Waals surface area (Å²) in [6.45, 7) is 7.67. The van der Waals surface area contributed by atoms with E-state index in [0.717, 1.165) is 42.3 Å². The van der Waals surface area contributed by atoms with Crippen LogP contribution in [0.5, 0.6) is 0 Å². The van der Waals surface area contributed by atoms with Crippen molar-refractivity contribution in [3.63, 3.8) is 0 Å². The minimum Gasteiger partial charge on any atom is -0.478 e. The zero-order valence-electron chi connectivity index (χ0n) is 13.1. The number of nitrogens with two attached hydrogens (primary N) is 1. The quantitative estimate of drug-likeness (QED) is 0.858. The molecule has 0 atom stereocenters. The molecule has 2 aromatic rings. The maximum atomic E-state index is 11.4. The Morgan fingerprint density at radius 3 is 2.57 bits per heavy atom. The van der Waals surface area contributed by atoms with Crippen molar-refractivity contribution in [1.29, 1.82) is 0 Å². The first-order chi connectivity index (χ1) is 10.0. The standard InChI is InChI=1S/C17H24N2O2/c1-4-6-14-11(3)19(8-7-18)16-12(5-2)9-13(17(20)21)10-15(14)16/h9-10H,4-8,18H2,1-3H3,(H,20,21). The molecule has 0 bridgehead atoms. The van der Waals surface area contributed by atoms with Gasteiger partial charge in [-0.25, -0.2) is 4.79 Å². The second-order valence-electron chi connectivity index (χ2n) is 5.44. The number of aromatic carboxylic acids is 1. The van der Waals surface area contributed by atoms with Crippen molar-refractivity contribution in [3.8, 4) is 0 Å². The second-order valence-corrected chi connectivity index (χ2v) is 5.44. The van der Waals surface area contributed by atoms with E-state index in [1.807, 2.05) is 6.07 Å². The van der Waals surface area contributed by atoms with Gasteiger partial charge < -0.3 is 15.4 Å². The zero-order chi connectivity index (χ0) is 15.6. The molecule has 0 amide bonds. The van der Waals surface area contributed by atoms with Crippen LogP contribution in [0.1, 0.15) is 47.4 Å². The summed E-state index contributed by atoms with van der Waals surface area (Å²) in [6, 6.07) is 3.62. The molecule has 3 N–H and O–H groups in total. The van der Waals surface area contributed by atoms with Gasteiger partial charge in [0, 0.05) is 24.2 Å². The minimum absolute atomic E-state index is 0.376. The van der Waals surface area contributed by atoms with E-state index in [-0.39, 0.29) is 0 Å². The van der Waals surface area contributed by atoms with Crippen LogP contribution in [0.25, 0.3) is 10.9 Å². The van der Waals surface area contributed by atoms with Gasteiger partial charge in [-0.1, -0.05) is 20.3 Å². The van der Waals surface area contributed by atoms with E-state index in [1.165, 1.54) is 11.3 Å². The average molecular weight is 288 g/mol. The number of aromatic nitrogens is 1. The van der Waals surface area contributed by atoms with E-state index in [9.17, 15) is 9.90 Å². The Bertz CT molecular complexity index is 671. The third-order valence-corrected chi connectivity index (χ3v) is 4.11. The number of rotatable bonds is 6. The lowest BCUT2D eigenvalue weighted by Gasteiger charge is -2.10. The van der Waals surface area contributed by atoms with Crippen LogP contribution in [0.15, 0.2) is 12.1 Å². The zero-order valence-corrected chi connectivity index (χ0v) is 13.1. The van der Waals surface area contributed by atoms with Crippen LogP contribution in [0, 0.1) is 6.92 Å². The lowest BCUT2D eigenvalue weighted by Crippen LogP contribution is -2.12. The van der Waals surface area contributed by atoms with E-state index in [4.69, 9.17) is 5.73 Å². The normalized spacial score (nSPS) is 11.2. The summed E-state index contributed by atoms with van der Waals surface area (Å²) in [5, 5.41) is 10.4. The highest BCUT2D eigenvalue weighted by atomic mass is 16.4. The van der Waals surface area contributed by atoms with E-state index in [2.05, 4.69) is 25.3 Å². The fourth-order valence-corrected chi connectivity index (χ4v) is 3.14. The number of carbonyl (C=O) groups is 1. The molecule has 0 aliphatic carbocycles. The van der Waals surface area contributed by atoms with Crippen LogP contribution in [0.2, 0.25) is 0 Å². The summed E-state index contributed by atoms with van der Waals surface area (Å²) in [6.07, 6.45) is 2.82. The fraction of sp³-hybridized carbons (Fsp3) is 0.471. The van der Waals surface area contributed by atoms with Gasteiger partial charge in [0.05, 0.1) is 11.1 Å². The van der Waals surface area contributed by atoms with E-state index in [1.54, 1.807) is 6.07 Å². The molecule has 0 aliphatic rings. The molecule has 1 aromatic carbocycles. The molecule has 1 aromatic heterocycles. The van der Waals surface area contributed by atoms with Crippen molar-refractivity contribution < 1.29 is 9.90 Å². The number of hydrogen-bond acceptors (Lipinski definition) is 2. The van der Waals surface area contributed by atoms with Crippen molar-refractivity contribution in [2.75, 3.05) is 6.54 Å². The molecule has 0 fully saturated rings. The molecule has 4 heteroatoms. The maximum Gasteiger partial charge on any atom is 0.335 e. The monoisotopic (exact) mass is 288 g/mol. The van der Waals surface area contributed by atoms with Gasteiger partial charge in [0.25, 0.3) is 0 Å². The molecule has 0 radical (unpaired) electrons. The molecule has 1 heterocycles. The first-order valence-electron chi connectivity index (χ1n) is 7.63. The van der Waals surface area contributed by atoms with Gasteiger partial charge in [0.15, 0.2) is 0 Å². The fourth-order valence-electron chi connectivity index (χ4n) is 3.14. The summed E-state index contributed by atoms with van der Waals surface area (Å²) in [7, 11) is 0. The number of fused-ring (bicyclic) bond motifs is 1. The molecule has 0 aliphatic heterocycles. The Hall–Kier alpha value is -1.81. The van der Waals surface area contributed by atoms with Crippen molar-refractivity contribution >= 4 is 16.9 Å². The van der Waals surface area contributed by atoms with E-state index >= 15 is 0 Å². The van der Waals surface area contributed by atoms with E-state index in [0.29, 0.717) is 12.1 Å². The first-order valence-corrected chi connectivity index (χ1v) is 7.63. The molecule has 0 saturated heterocycles. The van der Waals surface area contributed by atoms with Crippen LogP contribution in [0.4, 0.5) is 0 Å². The summed E-state index contributed by atoms with van der Waals surface area (Å²) in [5.74, 6) is -0.863. The Morgan fingerprint density at radius 1 is 1.33 bits per heavy atom. The van der Waals surface area contributed by atoms with Gasteiger partial charge in [-0.2, -0.15) is 0 Å². The predicted octanol–water partition coefficient (Wildman–Crippen LogP) is 3.12. The SMILES string of the molecule is CCCc1c(C)n(CCN)c2c(CC)cc(C(=O)O)cc12. The number of benzene rings is 1. The number of carboxylic acid groups (broad SMARTS) is 1. The first kappa shape index (κ1) is 15.6. The molecule has 4 nitrogen and oxygen atoms in total.